The number of nitriles is 1. The molecule has 142 valence electrons. The minimum atomic E-state index is 0.528. The topological polar surface area (TPSA) is 102 Å². The van der Waals surface area contributed by atoms with Crippen LogP contribution in [0.2, 0.25) is 0 Å². The zero-order valence-electron chi connectivity index (χ0n) is 16.2. The summed E-state index contributed by atoms with van der Waals surface area (Å²) in [6.07, 6.45) is 5.03. The van der Waals surface area contributed by atoms with E-state index >= 15 is 0 Å². The van der Waals surface area contributed by atoms with Crippen LogP contribution >= 0.6 is 0 Å². The molecule has 8 nitrogen and oxygen atoms in total. The summed E-state index contributed by atoms with van der Waals surface area (Å²) in [7, 11) is 1.57. The molecule has 4 rings (SSSR count). The Balaban J connectivity index is 1.73. The maximum Gasteiger partial charge on any atom is 0.213 e. The predicted molar refractivity (Wildman–Crippen MR) is 106 cm³/mol. The Morgan fingerprint density at radius 2 is 1.72 bits per heavy atom. The Kier molecular flexibility index (Phi) is 4.71. The van der Waals surface area contributed by atoms with Gasteiger partial charge in [-0.3, -0.25) is 9.55 Å². The average Bonchev–Trinajstić information content (AvgIpc) is 3.15. The number of aromatic nitrogens is 6. The fourth-order valence-electron chi connectivity index (χ4n) is 3.01. The molecular formula is C21H17N7O. The summed E-state index contributed by atoms with van der Waals surface area (Å²) < 4.78 is 6.98. The molecule has 0 N–H and O–H groups in total. The zero-order valence-corrected chi connectivity index (χ0v) is 16.2. The Morgan fingerprint density at radius 1 is 0.931 bits per heavy atom. The minimum Gasteiger partial charge on any atom is -0.481 e. The van der Waals surface area contributed by atoms with E-state index in [-0.39, 0.29) is 0 Å². The van der Waals surface area contributed by atoms with Crippen molar-refractivity contribution in [2.75, 3.05) is 7.11 Å². The van der Waals surface area contributed by atoms with Crippen LogP contribution in [0, 0.1) is 25.2 Å². The standard InChI is InChI=1S/C21H17N7O/c1-13-4-5-15(9-22)8-17(13)18-11-24-19(12-23-18)21-27-26-14(2)28(21)16-6-7-20(29-3)25-10-16/h4-8,10-12H,1-3H3. The Hall–Kier alpha value is -4.12. The average molecular weight is 383 g/mol. The lowest BCUT2D eigenvalue weighted by Gasteiger charge is -2.09. The molecule has 0 aliphatic rings. The number of hydrogen-bond acceptors (Lipinski definition) is 7. The molecule has 3 aromatic heterocycles. The zero-order chi connectivity index (χ0) is 20.4. The van der Waals surface area contributed by atoms with E-state index < -0.39 is 0 Å². The third kappa shape index (κ3) is 3.41. The lowest BCUT2D eigenvalue weighted by molar-refractivity contribution is 0.398. The molecule has 4 aromatic rings. The van der Waals surface area contributed by atoms with Crippen molar-refractivity contribution in [1.82, 2.24) is 29.7 Å². The number of benzene rings is 1. The molecule has 0 atom stereocenters. The summed E-state index contributed by atoms with van der Waals surface area (Å²) in [5, 5.41) is 17.6. The van der Waals surface area contributed by atoms with E-state index in [0.29, 0.717) is 34.5 Å². The molecule has 0 bridgehead atoms. The first-order chi connectivity index (χ1) is 14.1. The van der Waals surface area contributed by atoms with Crippen LogP contribution in [0.25, 0.3) is 28.5 Å². The molecule has 3 heterocycles. The van der Waals surface area contributed by atoms with Gasteiger partial charge in [-0.2, -0.15) is 5.26 Å². The van der Waals surface area contributed by atoms with Crippen molar-refractivity contribution in [2.24, 2.45) is 0 Å². The highest BCUT2D eigenvalue weighted by atomic mass is 16.5. The lowest BCUT2D eigenvalue weighted by atomic mass is 10.0. The van der Waals surface area contributed by atoms with Gasteiger partial charge < -0.3 is 4.74 Å². The van der Waals surface area contributed by atoms with Crippen LogP contribution in [-0.2, 0) is 0 Å². The summed E-state index contributed by atoms with van der Waals surface area (Å²) in [5.74, 6) is 1.80. The maximum absolute atomic E-state index is 9.15. The molecule has 8 heteroatoms. The SMILES string of the molecule is COc1ccc(-n2c(C)nnc2-c2cnc(-c3cc(C#N)ccc3C)cn2)cn1. The number of pyridine rings is 1. The van der Waals surface area contributed by atoms with Crippen molar-refractivity contribution in [2.45, 2.75) is 13.8 Å². The molecular weight excluding hydrogens is 366 g/mol. The fraction of sp³-hybridized carbons (Fsp3) is 0.143. The van der Waals surface area contributed by atoms with Crippen LogP contribution in [0.15, 0.2) is 48.9 Å². The molecule has 0 saturated carbocycles. The van der Waals surface area contributed by atoms with E-state index in [4.69, 9.17) is 10.00 Å². The molecule has 0 spiro atoms. The molecule has 0 unspecified atom stereocenters. The van der Waals surface area contributed by atoms with Crippen molar-refractivity contribution in [3.8, 4) is 40.4 Å². The van der Waals surface area contributed by atoms with Crippen LogP contribution in [0.1, 0.15) is 17.0 Å². The molecule has 29 heavy (non-hydrogen) atoms. The van der Waals surface area contributed by atoms with E-state index in [0.717, 1.165) is 16.8 Å². The van der Waals surface area contributed by atoms with Gasteiger partial charge in [-0.25, -0.2) is 9.97 Å². The highest BCUT2D eigenvalue weighted by Crippen LogP contribution is 2.25. The smallest absolute Gasteiger partial charge is 0.213 e. The van der Waals surface area contributed by atoms with Gasteiger partial charge in [0.05, 0.1) is 48.7 Å². The summed E-state index contributed by atoms with van der Waals surface area (Å²) in [6.45, 7) is 3.84. The Labute approximate surface area is 167 Å². The normalized spacial score (nSPS) is 10.6. The second-order valence-corrected chi connectivity index (χ2v) is 6.39. The molecule has 0 amide bonds. The third-order valence-corrected chi connectivity index (χ3v) is 4.54. The second-order valence-electron chi connectivity index (χ2n) is 6.39. The number of aryl methyl sites for hydroxylation is 2. The Morgan fingerprint density at radius 3 is 2.38 bits per heavy atom. The summed E-state index contributed by atoms with van der Waals surface area (Å²) >= 11 is 0. The van der Waals surface area contributed by atoms with Gasteiger partial charge in [0.2, 0.25) is 5.88 Å². The number of hydrogen-bond donors (Lipinski definition) is 0. The van der Waals surface area contributed by atoms with Gasteiger partial charge in [-0.15, -0.1) is 10.2 Å². The quantitative estimate of drug-likeness (QED) is 0.533. The lowest BCUT2D eigenvalue weighted by Crippen LogP contribution is -2.02. The van der Waals surface area contributed by atoms with Crippen molar-refractivity contribution >= 4 is 0 Å². The molecule has 0 radical (unpaired) electrons. The van der Waals surface area contributed by atoms with Crippen LogP contribution in [-0.4, -0.2) is 36.8 Å². The molecule has 0 aliphatic heterocycles. The third-order valence-electron chi connectivity index (χ3n) is 4.54. The largest absolute Gasteiger partial charge is 0.481 e. The highest BCUT2D eigenvalue weighted by Gasteiger charge is 2.15. The number of rotatable bonds is 4. The van der Waals surface area contributed by atoms with Gasteiger partial charge in [0, 0.05) is 11.6 Å². The first kappa shape index (κ1) is 18.3. The number of ether oxygens (including phenoxy) is 1. The maximum atomic E-state index is 9.15. The van der Waals surface area contributed by atoms with E-state index in [1.165, 1.54) is 0 Å². The van der Waals surface area contributed by atoms with Gasteiger partial charge in [-0.1, -0.05) is 6.07 Å². The molecule has 0 saturated heterocycles. The van der Waals surface area contributed by atoms with Crippen LogP contribution < -0.4 is 4.74 Å². The highest BCUT2D eigenvalue weighted by molar-refractivity contribution is 5.66. The van der Waals surface area contributed by atoms with Crippen molar-refractivity contribution in [1.29, 1.82) is 5.26 Å². The van der Waals surface area contributed by atoms with E-state index in [9.17, 15) is 0 Å². The second kappa shape index (κ2) is 7.48. The van der Waals surface area contributed by atoms with Crippen molar-refractivity contribution in [3.05, 3.63) is 65.9 Å². The van der Waals surface area contributed by atoms with Crippen LogP contribution in [0.3, 0.4) is 0 Å². The van der Waals surface area contributed by atoms with Gasteiger partial charge in [0.15, 0.2) is 5.82 Å². The fourth-order valence-corrected chi connectivity index (χ4v) is 3.01. The molecule has 0 aliphatic carbocycles. The monoisotopic (exact) mass is 383 g/mol. The molecule has 0 fully saturated rings. The van der Waals surface area contributed by atoms with E-state index in [2.05, 4.69) is 31.2 Å². The summed E-state index contributed by atoms with van der Waals surface area (Å²) in [6, 6.07) is 11.3. The van der Waals surface area contributed by atoms with Crippen molar-refractivity contribution < 1.29 is 4.74 Å². The van der Waals surface area contributed by atoms with Crippen molar-refractivity contribution in [3.63, 3.8) is 0 Å². The first-order valence-electron chi connectivity index (χ1n) is 8.86. The number of methoxy groups -OCH3 is 1. The summed E-state index contributed by atoms with van der Waals surface area (Å²) in [5.41, 5.74) is 4.55. The summed E-state index contributed by atoms with van der Waals surface area (Å²) in [4.78, 5) is 13.3. The number of nitrogens with zero attached hydrogens (tertiary/aromatic N) is 7. The first-order valence-corrected chi connectivity index (χ1v) is 8.86. The van der Waals surface area contributed by atoms with Crippen LogP contribution in [0.4, 0.5) is 0 Å². The van der Waals surface area contributed by atoms with Gasteiger partial charge >= 0.3 is 0 Å². The van der Waals surface area contributed by atoms with Gasteiger partial charge in [-0.05, 0) is 37.6 Å². The Bertz CT molecular complexity index is 1210. The molecule has 1 aromatic carbocycles. The van der Waals surface area contributed by atoms with Gasteiger partial charge in [0.1, 0.15) is 11.5 Å². The van der Waals surface area contributed by atoms with Gasteiger partial charge in [0.25, 0.3) is 0 Å². The predicted octanol–water partition coefficient (Wildman–Crippen LogP) is 3.28. The van der Waals surface area contributed by atoms with Crippen LogP contribution in [0.5, 0.6) is 5.88 Å². The van der Waals surface area contributed by atoms with E-state index in [1.807, 2.05) is 36.6 Å². The van der Waals surface area contributed by atoms with E-state index in [1.54, 1.807) is 37.8 Å². The minimum absolute atomic E-state index is 0.528.